The number of carbonyl (C=O) groups excluding carboxylic acids is 5. The van der Waals surface area contributed by atoms with Crippen molar-refractivity contribution in [3.63, 3.8) is 0 Å². The molecule has 6 amide bonds. The van der Waals surface area contributed by atoms with Crippen LogP contribution in [0.1, 0.15) is 25.7 Å². The first-order valence-corrected chi connectivity index (χ1v) is 8.85. The zero-order valence-corrected chi connectivity index (χ0v) is 14.5. The van der Waals surface area contributed by atoms with E-state index in [4.69, 9.17) is 0 Å². The van der Waals surface area contributed by atoms with Crippen molar-refractivity contribution >= 4 is 41.0 Å². The first kappa shape index (κ1) is 17.2. The highest BCUT2D eigenvalue weighted by Gasteiger charge is 2.51. The average molecular weight is 370 g/mol. The standard InChI is InChI=1S/C18H18N4O5/c23-14(10-21-16(25)17(26)22(18(21)27)11-7-8-11)19-12-4-1-2-5-13(12)20-9-3-6-15(20)24/h1-2,4-5,11H,3,6-10H2,(H,19,23). The monoisotopic (exact) mass is 370 g/mol. The predicted molar refractivity (Wildman–Crippen MR) is 93.6 cm³/mol. The highest BCUT2D eigenvalue weighted by molar-refractivity contribution is 6.45. The molecule has 4 rings (SSSR count). The maximum Gasteiger partial charge on any atom is 0.334 e. The molecule has 0 unspecified atom stereocenters. The van der Waals surface area contributed by atoms with Crippen LogP contribution in [-0.4, -0.2) is 58.6 Å². The lowest BCUT2D eigenvalue weighted by Crippen LogP contribution is -2.39. The van der Waals surface area contributed by atoms with E-state index >= 15 is 0 Å². The Morgan fingerprint density at radius 2 is 1.81 bits per heavy atom. The van der Waals surface area contributed by atoms with Gasteiger partial charge in [0.1, 0.15) is 6.54 Å². The molecule has 3 aliphatic rings. The number of imide groups is 2. The molecule has 0 radical (unpaired) electrons. The summed E-state index contributed by atoms with van der Waals surface area (Å²) >= 11 is 0. The fourth-order valence-corrected chi connectivity index (χ4v) is 3.37. The van der Waals surface area contributed by atoms with Gasteiger partial charge in [-0.05, 0) is 31.4 Å². The van der Waals surface area contributed by atoms with Crippen LogP contribution in [0, 0.1) is 0 Å². The van der Waals surface area contributed by atoms with E-state index in [1.54, 1.807) is 29.2 Å². The number of benzene rings is 1. The second kappa shape index (κ2) is 6.49. The van der Waals surface area contributed by atoms with E-state index < -0.39 is 30.3 Å². The molecule has 0 aromatic heterocycles. The quantitative estimate of drug-likeness (QED) is 0.607. The summed E-state index contributed by atoms with van der Waals surface area (Å²) in [5.74, 6) is -2.49. The molecule has 1 aliphatic carbocycles. The summed E-state index contributed by atoms with van der Waals surface area (Å²) < 4.78 is 0. The average Bonchev–Trinajstić information content (AvgIpc) is 3.35. The first-order chi connectivity index (χ1) is 13.0. The summed E-state index contributed by atoms with van der Waals surface area (Å²) in [5.41, 5.74) is 0.991. The molecule has 9 nitrogen and oxygen atoms in total. The Morgan fingerprint density at radius 1 is 1.07 bits per heavy atom. The van der Waals surface area contributed by atoms with Crippen molar-refractivity contribution in [2.24, 2.45) is 0 Å². The largest absolute Gasteiger partial charge is 0.334 e. The Labute approximate surface area is 154 Å². The summed E-state index contributed by atoms with van der Waals surface area (Å²) in [6.07, 6.45) is 2.57. The third-order valence-electron chi connectivity index (χ3n) is 4.84. The molecular formula is C18H18N4O5. The minimum atomic E-state index is -0.981. The number of carbonyl (C=O) groups is 5. The number of nitrogens with zero attached hydrogens (tertiary/aromatic N) is 3. The van der Waals surface area contributed by atoms with E-state index in [0.717, 1.165) is 11.3 Å². The topological polar surface area (TPSA) is 107 Å². The molecule has 2 heterocycles. The van der Waals surface area contributed by atoms with Gasteiger partial charge in [0.15, 0.2) is 0 Å². The number of para-hydroxylation sites is 2. The molecule has 0 atom stereocenters. The third-order valence-corrected chi connectivity index (χ3v) is 4.84. The molecule has 140 valence electrons. The highest BCUT2D eigenvalue weighted by Crippen LogP contribution is 2.31. The lowest BCUT2D eigenvalue weighted by Gasteiger charge is -2.20. The summed E-state index contributed by atoms with van der Waals surface area (Å²) in [5, 5.41) is 2.64. The van der Waals surface area contributed by atoms with E-state index in [9.17, 15) is 24.0 Å². The number of hydrogen-bond acceptors (Lipinski definition) is 5. The van der Waals surface area contributed by atoms with Gasteiger partial charge in [0.25, 0.3) is 0 Å². The molecule has 9 heteroatoms. The van der Waals surface area contributed by atoms with Crippen molar-refractivity contribution < 1.29 is 24.0 Å². The first-order valence-electron chi connectivity index (χ1n) is 8.85. The zero-order valence-electron chi connectivity index (χ0n) is 14.5. The molecule has 1 saturated carbocycles. The third kappa shape index (κ3) is 3.05. The number of hydrogen-bond donors (Lipinski definition) is 1. The van der Waals surface area contributed by atoms with Crippen LogP contribution >= 0.6 is 0 Å². The van der Waals surface area contributed by atoms with Crippen molar-refractivity contribution in [3.05, 3.63) is 24.3 Å². The molecule has 27 heavy (non-hydrogen) atoms. The van der Waals surface area contributed by atoms with Gasteiger partial charge < -0.3 is 10.2 Å². The lowest BCUT2D eigenvalue weighted by atomic mass is 10.2. The predicted octanol–water partition coefficient (Wildman–Crippen LogP) is 0.705. The van der Waals surface area contributed by atoms with Crippen LogP contribution in [0.15, 0.2) is 24.3 Å². The zero-order chi connectivity index (χ0) is 19.1. The second-order valence-electron chi connectivity index (χ2n) is 6.79. The number of rotatable bonds is 5. The van der Waals surface area contributed by atoms with Crippen LogP contribution < -0.4 is 10.2 Å². The van der Waals surface area contributed by atoms with Crippen molar-refractivity contribution in [2.45, 2.75) is 31.7 Å². The van der Waals surface area contributed by atoms with Gasteiger partial charge in [0, 0.05) is 19.0 Å². The van der Waals surface area contributed by atoms with Gasteiger partial charge in [0.2, 0.25) is 11.8 Å². The second-order valence-corrected chi connectivity index (χ2v) is 6.79. The smallest absolute Gasteiger partial charge is 0.323 e. The van der Waals surface area contributed by atoms with Gasteiger partial charge in [-0.3, -0.25) is 24.1 Å². The summed E-state index contributed by atoms with van der Waals surface area (Å²) in [4.78, 5) is 63.9. The molecule has 1 N–H and O–H groups in total. The number of nitrogens with one attached hydrogen (secondary N) is 1. The van der Waals surface area contributed by atoms with E-state index in [-0.39, 0.29) is 11.9 Å². The SMILES string of the molecule is O=C(CN1C(=O)C(=O)N(C2CC2)C1=O)Nc1ccccc1N1CCCC1=O. The fourth-order valence-electron chi connectivity index (χ4n) is 3.37. The van der Waals surface area contributed by atoms with E-state index in [1.165, 1.54) is 0 Å². The minimum absolute atomic E-state index is 0.0210. The molecule has 1 aromatic carbocycles. The molecule has 0 bridgehead atoms. The maximum atomic E-state index is 12.4. The molecule has 0 spiro atoms. The van der Waals surface area contributed by atoms with Crippen LogP contribution in [0.2, 0.25) is 0 Å². The Bertz CT molecular complexity index is 863. The molecule has 2 saturated heterocycles. The van der Waals surface area contributed by atoms with Crippen LogP contribution in [0.25, 0.3) is 0 Å². The Balaban J connectivity index is 1.47. The van der Waals surface area contributed by atoms with Gasteiger partial charge >= 0.3 is 17.8 Å². The summed E-state index contributed by atoms with van der Waals surface area (Å²) in [6, 6.07) is 5.87. The maximum absolute atomic E-state index is 12.4. The van der Waals surface area contributed by atoms with E-state index in [1.807, 2.05) is 0 Å². The number of anilines is 2. The van der Waals surface area contributed by atoms with Crippen LogP contribution in [0.4, 0.5) is 16.2 Å². The molecular weight excluding hydrogens is 352 g/mol. The van der Waals surface area contributed by atoms with Gasteiger partial charge in [-0.1, -0.05) is 12.1 Å². The molecule has 1 aromatic rings. The van der Waals surface area contributed by atoms with Crippen molar-refractivity contribution in [1.82, 2.24) is 9.80 Å². The molecule has 3 fully saturated rings. The summed E-state index contributed by atoms with van der Waals surface area (Å²) in [7, 11) is 0. The Kier molecular flexibility index (Phi) is 4.14. The number of urea groups is 1. The van der Waals surface area contributed by atoms with Gasteiger partial charge in [-0.15, -0.1) is 0 Å². The Hall–Kier alpha value is -3.23. The van der Waals surface area contributed by atoms with Gasteiger partial charge in [0.05, 0.1) is 11.4 Å². The number of amides is 6. The van der Waals surface area contributed by atoms with Crippen molar-refractivity contribution in [2.75, 3.05) is 23.3 Å². The van der Waals surface area contributed by atoms with Gasteiger partial charge in [-0.2, -0.15) is 0 Å². The van der Waals surface area contributed by atoms with Crippen LogP contribution in [0.5, 0.6) is 0 Å². The van der Waals surface area contributed by atoms with E-state index in [0.29, 0.717) is 42.1 Å². The van der Waals surface area contributed by atoms with Crippen molar-refractivity contribution in [1.29, 1.82) is 0 Å². The summed E-state index contributed by atoms with van der Waals surface area (Å²) in [6.45, 7) is 0.0224. The fraction of sp³-hybridized carbons (Fsp3) is 0.389. The van der Waals surface area contributed by atoms with Crippen LogP contribution in [-0.2, 0) is 19.2 Å². The molecule has 2 aliphatic heterocycles. The Morgan fingerprint density at radius 3 is 2.48 bits per heavy atom. The normalized spacial score (nSPS) is 20.1. The van der Waals surface area contributed by atoms with Crippen LogP contribution in [0.3, 0.4) is 0 Å². The lowest BCUT2D eigenvalue weighted by molar-refractivity contribution is -0.143. The van der Waals surface area contributed by atoms with Gasteiger partial charge in [-0.25, -0.2) is 9.69 Å². The highest BCUT2D eigenvalue weighted by atomic mass is 16.2. The van der Waals surface area contributed by atoms with Crippen molar-refractivity contribution in [3.8, 4) is 0 Å². The van der Waals surface area contributed by atoms with E-state index in [2.05, 4.69) is 5.32 Å². The minimum Gasteiger partial charge on any atom is -0.323 e.